The van der Waals surface area contributed by atoms with E-state index in [-0.39, 0.29) is 0 Å². The van der Waals surface area contributed by atoms with Gasteiger partial charge < -0.3 is 15.1 Å². The first-order chi connectivity index (χ1) is 12.1. The summed E-state index contributed by atoms with van der Waals surface area (Å²) in [6, 6.07) is 0.524. The molecule has 1 N–H and O–H groups in total. The number of aliphatic imine (C=N–C) groups is 1. The summed E-state index contributed by atoms with van der Waals surface area (Å²) in [5.41, 5.74) is 1.34. The second kappa shape index (κ2) is 8.47. The minimum Gasteiger partial charge on any atom is -0.355 e. The van der Waals surface area contributed by atoms with Crippen LogP contribution >= 0.6 is 11.3 Å². The van der Waals surface area contributed by atoms with Crippen LogP contribution in [0.1, 0.15) is 28.4 Å². The molecule has 140 valence electrons. The molecule has 0 aromatic carbocycles. The zero-order chi connectivity index (χ0) is 17.8. The van der Waals surface area contributed by atoms with Crippen LogP contribution in [0.4, 0.5) is 0 Å². The molecule has 3 rings (SSSR count). The average Bonchev–Trinajstić information content (AvgIpc) is 3.00. The van der Waals surface area contributed by atoms with Crippen LogP contribution in [0.25, 0.3) is 0 Å². The van der Waals surface area contributed by atoms with Crippen LogP contribution in [-0.4, -0.2) is 86.1 Å². The van der Waals surface area contributed by atoms with Crippen molar-refractivity contribution in [1.29, 1.82) is 0 Å². The van der Waals surface area contributed by atoms with E-state index in [1.54, 1.807) is 0 Å². The molecule has 0 spiro atoms. The van der Waals surface area contributed by atoms with Crippen molar-refractivity contribution >= 4 is 17.3 Å². The van der Waals surface area contributed by atoms with Crippen molar-refractivity contribution in [1.82, 2.24) is 25.0 Å². The van der Waals surface area contributed by atoms with E-state index in [9.17, 15) is 0 Å². The average molecular weight is 365 g/mol. The molecule has 1 fully saturated rings. The summed E-state index contributed by atoms with van der Waals surface area (Å²) in [6.45, 7) is 5.13. The molecule has 1 aliphatic carbocycles. The van der Waals surface area contributed by atoms with Crippen LogP contribution in [0.5, 0.6) is 0 Å². The van der Waals surface area contributed by atoms with Crippen LogP contribution in [-0.2, 0) is 19.4 Å². The molecule has 2 aliphatic rings. The third kappa shape index (κ3) is 4.71. The summed E-state index contributed by atoms with van der Waals surface area (Å²) in [5.74, 6) is 0.954. The van der Waals surface area contributed by atoms with Crippen LogP contribution in [0.3, 0.4) is 0 Å². The lowest BCUT2D eigenvalue weighted by Gasteiger charge is -2.38. The molecule has 7 heteroatoms. The van der Waals surface area contributed by atoms with Gasteiger partial charge in [-0.25, -0.2) is 4.98 Å². The van der Waals surface area contributed by atoms with Gasteiger partial charge in [0, 0.05) is 51.2 Å². The Morgan fingerprint density at radius 3 is 2.88 bits per heavy atom. The Morgan fingerprint density at radius 1 is 1.32 bits per heavy atom. The number of aromatic nitrogens is 1. The Hall–Kier alpha value is -1.18. The zero-order valence-electron chi connectivity index (χ0n) is 16.1. The highest BCUT2D eigenvalue weighted by Gasteiger charge is 2.23. The highest BCUT2D eigenvalue weighted by molar-refractivity contribution is 7.11. The third-order valence-corrected chi connectivity index (χ3v) is 6.45. The normalized spacial score (nSPS) is 22.7. The quantitative estimate of drug-likeness (QED) is 0.644. The van der Waals surface area contributed by atoms with Crippen molar-refractivity contribution in [3.8, 4) is 0 Å². The number of thiazole rings is 1. The highest BCUT2D eigenvalue weighted by Crippen LogP contribution is 2.27. The third-order valence-electron chi connectivity index (χ3n) is 5.31. The second-order valence-electron chi connectivity index (χ2n) is 7.37. The summed E-state index contributed by atoms with van der Waals surface area (Å²) < 4.78 is 0. The Morgan fingerprint density at radius 2 is 2.12 bits per heavy atom. The van der Waals surface area contributed by atoms with E-state index in [2.05, 4.69) is 46.2 Å². The number of piperazine rings is 1. The molecular formula is C18H32N6S. The van der Waals surface area contributed by atoms with Crippen LogP contribution in [0.2, 0.25) is 0 Å². The molecule has 1 unspecified atom stereocenters. The fraction of sp³-hybridized carbons (Fsp3) is 0.778. The van der Waals surface area contributed by atoms with E-state index in [0.717, 1.165) is 45.1 Å². The van der Waals surface area contributed by atoms with E-state index in [1.807, 2.05) is 18.4 Å². The van der Waals surface area contributed by atoms with Crippen molar-refractivity contribution in [2.75, 3.05) is 54.4 Å². The lowest BCUT2D eigenvalue weighted by atomic mass is 10.0. The van der Waals surface area contributed by atoms with Gasteiger partial charge in [-0.2, -0.15) is 0 Å². The van der Waals surface area contributed by atoms with Gasteiger partial charge >= 0.3 is 0 Å². The summed E-state index contributed by atoms with van der Waals surface area (Å²) in [6.07, 6.45) is 4.98. The Bertz CT molecular complexity index is 575. The molecule has 0 amide bonds. The minimum atomic E-state index is 0.524. The number of hydrogen-bond donors (Lipinski definition) is 1. The van der Waals surface area contributed by atoms with Gasteiger partial charge in [-0.3, -0.25) is 9.89 Å². The fourth-order valence-corrected chi connectivity index (χ4v) is 4.88. The van der Waals surface area contributed by atoms with Crippen LogP contribution in [0, 0.1) is 0 Å². The number of aryl methyl sites for hydroxylation is 2. The second-order valence-corrected chi connectivity index (χ2v) is 8.53. The maximum absolute atomic E-state index is 4.86. The number of likely N-dealkylation sites (N-methyl/N-ethyl adjacent to an activating group) is 2. The number of rotatable bonds is 4. The lowest BCUT2D eigenvalue weighted by molar-refractivity contribution is 0.116. The lowest BCUT2D eigenvalue weighted by Crippen LogP contribution is -2.55. The molecular weight excluding hydrogens is 332 g/mol. The summed E-state index contributed by atoms with van der Waals surface area (Å²) in [5, 5.41) is 4.77. The molecule has 1 saturated heterocycles. The van der Waals surface area contributed by atoms with Crippen molar-refractivity contribution in [3.63, 3.8) is 0 Å². The van der Waals surface area contributed by atoms with Gasteiger partial charge in [0.05, 0.1) is 12.2 Å². The number of nitrogens with one attached hydrogen (secondary N) is 1. The number of hydrogen-bond acceptors (Lipinski definition) is 5. The molecule has 1 atom stereocenters. The molecule has 0 bridgehead atoms. The van der Waals surface area contributed by atoms with Gasteiger partial charge in [0.15, 0.2) is 5.96 Å². The van der Waals surface area contributed by atoms with Crippen molar-refractivity contribution < 1.29 is 0 Å². The maximum Gasteiger partial charge on any atom is 0.193 e. The maximum atomic E-state index is 4.86. The Labute approximate surface area is 155 Å². The predicted molar refractivity (Wildman–Crippen MR) is 105 cm³/mol. The molecule has 1 aromatic rings. The van der Waals surface area contributed by atoms with E-state index in [4.69, 9.17) is 4.98 Å². The van der Waals surface area contributed by atoms with Gasteiger partial charge in [0.1, 0.15) is 5.01 Å². The fourth-order valence-electron chi connectivity index (χ4n) is 3.67. The van der Waals surface area contributed by atoms with E-state index >= 15 is 0 Å². The molecule has 0 radical (unpaired) electrons. The van der Waals surface area contributed by atoms with Crippen LogP contribution in [0.15, 0.2) is 4.99 Å². The molecule has 1 aliphatic heterocycles. The largest absolute Gasteiger partial charge is 0.355 e. The monoisotopic (exact) mass is 364 g/mol. The van der Waals surface area contributed by atoms with Crippen molar-refractivity contribution in [3.05, 3.63) is 15.6 Å². The highest BCUT2D eigenvalue weighted by atomic mass is 32.1. The SMILES string of the molecule is CN=C(NCC1CN(C)CCN1C)N(C)Cc1nc2c(s1)CCCC2. The molecule has 0 saturated carbocycles. The predicted octanol–water partition coefficient (Wildman–Crippen LogP) is 1.27. The van der Waals surface area contributed by atoms with E-state index < -0.39 is 0 Å². The summed E-state index contributed by atoms with van der Waals surface area (Å²) in [7, 11) is 8.38. The Kier molecular flexibility index (Phi) is 6.30. The van der Waals surface area contributed by atoms with Crippen molar-refractivity contribution in [2.24, 2.45) is 4.99 Å². The molecule has 2 heterocycles. The first-order valence-electron chi connectivity index (χ1n) is 9.35. The van der Waals surface area contributed by atoms with E-state index in [0.29, 0.717) is 6.04 Å². The molecule has 25 heavy (non-hydrogen) atoms. The summed E-state index contributed by atoms with van der Waals surface area (Å²) >= 11 is 1.89. The number of guanidine groups is 1. The topological polar surface area (TPSA) is 47.0 Å². The van der Waals surface area contributed by atoms with Gasteiger partial charge in [-0.1, -0.05) is 0 Å². The van der Waals surface area contributed by atoms with Gasteiger partial charge in [-0.15, -0.1) is 11.3 Å². The van der Waals surface area contributed by atoms with E-state index in [1.165, 1.54) is 34.8 Å². The first kappa shape index (κ1) is 18.6. The number of fused-ring (bicyclic) bond motifs is 1. The standard InChI is InChI=1S/C18H32N6S/c1-19-18(20-11-14-12-22(2)9-10-23(14)3)24(4)13-17-21-15-7-5-6-8-16(15)25-17/h14H,5-13H2,1-4H3,(H,19,20). The zero-order valence-corrected chi connectivity index (χ0v) is 16.9. The van der Waals surface area contributed by atoms with Gasteiger partial charge in [0.25, 0.3) is 0 Å². The molecule has 6 nitrogen and oxygen atoms in total. The van der Waals surface area contributed by atoms with Crippen LogP contribution < -0.4 is 5.32 Å². The number of nitrogens with zero attached hydrogens (tertiary/aromatic N) is 5. The Balaban J connectivity index is 1.54. The first-order valence-corrected chi connectivity index (χ1v) is 10.2. The van der Waals surface area contributed by atoms with Gasteiger partial charge in [-0.05, 0) is 39.8 Å². The molecule has 1 aromatic heterocycles. The van der Waals surface area contributed by atoms with Crippen molar-refractivity contribution in [2.45, 2.75) is 38.3 Å². The smallest absolute Gasteiger partial charge is 0.193 e. The van der Waals surface area contributed by atoms with Gasteiger partial charge in [0.2, 0.25) is 0 Å². The summed E-state index contributed by atoms with van der Waals surface area (Å²) in [4.78, 5) is 17.9. The minimum absolute atomic E-state index is 0.524.